The van der Waals surface area contributed by atoms with Crippen LogP contribution < -0.4 is 0 Å². The molecule has 0 amide bonds. The molecule has 0 aliphatic heterocycles. The number of carbonyl (C=O) groups is 4. The zero-order chi connectivity index (χ0) is 29.5. The minimum absolute atomic E-state index is 0.0869. The summed E-state index contributed by atoms with van der Waals surface area (Å²) >= 11 is 0.751. The van der Waals surface area contributed by atoms with Crippen molar-refractivity contribution < 1.29 is 38.1 Å². The Bertz CT molecular complexity index is 1120. The number of Topliss-reactive ketones (excluding diaryl/α,β-unsaturated/α-hetero) is 1. The molecule has 40 heavy (non-hydrogen) atoms. The summed E-state index contributed by atoms with van der Waals surface area (Å²) in [6.07, 6.45) is 6.53. The fourth-order valence-electron chi connectivity index (χ4n) is 8.41. The molecular weight excluding hydrogens is 535 g/mol. The van der Waals surface area contributed by atoms with E-state index in [1.807, 2.05) is 27.7 Å². The van der Waals surface area contributed by atoms with Crippen molar-refractivity contribution >= 4 is 34.6 Å². The lowest BCUT2D eigenvalue weighted by molar-refractivity contribution is -0.227. The van der Waals surface area contributed by atoms with Gasteiger partial charge in [-0.1, -0.05) is 45.8 Å². The Labute approximate surface area is 240 Å². The van der Waals surface area contributed by atoms with Crippen molar-refractivity contribution in [3.05, 3.63) is 23.8 Å². The fourth-order valence-corrected chi connectivity index (χ4v) is 9.04. The van der Waals surface area contributed by atoms with Crippen molar-refractivity contribution in [3.8, 4) is 0 Å². The van der Waals surface area contributed by atoms with E-state index in [-0.39, 0.29) is 36.9 Å². The van der Waals surface area contributed by atoms with Crippen LogP contribution in [0.2, 0.25) is 0 Å². The van der Waals surface area contributed by atoms with E-state index in [4.69, 9.17) is 9.47 Å². The topological polar surface area (TPSA) is 107 Å². The molecule has 0 aromatic rings. The van der Waals surface area contributed by atoms with Crippen LogP contribution in [0, 0.1) is 28.6 Å². The second kappa shape index (κ2) is 11.3. The molecule has 0 aromatic heterocycles. The molecule has 0 saturated heterocycles. The van der Waals surface area contributed by atoms with Crippen LogP contribution in [0.4, 0.5) is 9.18 Å². The van der Waals surface area contributed by atoms with Crippen molar-refractivity contribution in [1.29, 1.82) is 0 Å². The highest BCUT2D eigenvalue weighted by molar-refractivity contribution is 8.13. The molecule has 0 unspecified atom stereocenters. The number of unbranched alkanes of at least 4 members (excludes halogenated alkanes) is 1. The van der Waals surface area contributed by atoms with Gasteiger partial charge in [0.25, 0.3) is 0 Å². The van der Waals surface area contributed by atoms with E-state index in [9.17, 15) is 24.3 Å². The van der Waals surface area contributed by atoms with Gasteiger partial charge in [0.1, 0.15) is 0 Å². The lowest BCUT2D eigenvalue weighted by Gasteiger charge is -2.62. The Balaban J connectivity index is 1.71. The van der Waals surface area contributed by atoms with Crippen LogP contribution in [-0.2, 0) is 23.9 Å². The van der Waals surface area contributed by atoms with E-state index in [2.05, 4.69) is 0 Å². The largest absolute Gasteiger partial charge is 0.458 e. The summed E-state index contributed by atoms with van der Waals surface area (Å²) in [5.74, 6) is -2.77. The number of alkyl halides is 1. The third-order valence-electron chi connectivity index (χ3n) is 10.4. The van der Waals surface area contributed by atoms with Crippen molar-refractivity contribution in [3.63, 3.8) is 0 Å². The molecule has 0 bridgehead atoms. The number of hydrogen-bond acceptors (Lipinski definition) is 8. The van der Waals surface area contributed by atoms with E-state index >= 15 is 4.39 Å². The van der Waals surface area contributed by atoms with Gasteiger partial charge >= 0.3 is 11.3 Å². The van der Waals surface area contributed by atoms with Gasteiger partial charge in [0.05, 0.1) is 18.5 Å². The predicted molar refractivity (Wildman–Crippen MR) is 150 cm³/mol. The molecule has 0 spiro atoms. The number of fused-ring (bicyclic) bond motifs is 5. The standard InChI is InChI=1S/C31H43FO7S/c1-6-8-14-38-27(37)40-18-25(35)31(39-26(36)9-7-2)19(3)15-23-22-11-10-20-16-21(33)12-13-28(20,4)30(22,32)24(34)17-29(23,31)5/h12-13,16,19,22-24,34H,6-11,14-15,17-18H2,1-5H3/t19-,22-,23-,24-,28-,29-,30-,31-/m0/s1. The number of aliphatic hydroxyl groups excluding tert-OH is 1. The molecule has 222 valence electrons. The Morgan fingerprint density at radius 1 is 1.18 bits per heavy atom. The number of ether oxygens (including phenoxy) is 2. The van der Waals surface area contributed by atoms with Gasteiger partial charge in [0, 0.05) is 29.1 Å². The van der Waals surface area contributed by atoms with E-state index < -0.39 is 57.1 Å². The van der Waals surface area contributed by atoms with Crippen LogP contribution in [0.3, 0.4) is 0 Å². The van der Waals surface area contributed by atoms with Gasteiger partial charge in [-0.05, 0) is 75.3 Å². The highest BCUT2D eigenvalue weighted by Gasteiger charge is 2.77. The summed E-state index contributed by atoms with van der Waals surface area (Å²) in [5, 5.41) is 11.1. The summed E-state index contributed by atoms with van der Waals surface area (Å²) in [6.45, 7) is 9.55. The quantitative estimate of drug-likeness (QED) is 0.265. The Morgan fingerprint density at radius 2 is 1.90 bits per heavy atom. The maximum absolute atomic E-state index is 17.5. The fraction of sp³-hybridized carbons (Fsp3) is 0.742. The van der Waals surface area contributed by atoms with Gasteiger partial charge in [0.2, 0.25) is 0 Å². The third kappa shape index (κ3) is 4.59. The van der Waals surface area contributed by atoms with Crippen LogP contribution in [0.5, 0.6) is 0 Å². The third-order valence-corrected chi connectivity index (χ3v) is 11.1. The first-order valence-electron chi connectivity index (χ1n) is 14.7. The second-order valence-corrected chi connectivity index (χ2v) is 13.4. The molecule has 4 rings (SSSR count). The van der Waals surface area contributed by atoms with Crippen LogP contribution in [-0.4, -0.2) is 57.7 Å². The van der Waals surface area contributed by atoms with Crippen molar-refractivity contribution in [2.45, 2.75) is 103 Å². The summed E-state index contributed by atoms with van der Waals surface area (Å²) in [7, 11) is 0. The number of ketones is 2. The summed E-state index contributed by atoms with van der Waals surface area (Å²) in [6, 6.07) is 0. The van der Waals surface area contributed by atoms with E-state index in [0.29, 0.717) is 31.3 Å². The molecule has 1 N–H and O–H groups in total. The summed E-state index contributed by atoms with van der Waals surface area (Å²) in [4.78, 5) is 51.6. The Kier molecular flexibility index (Phi) is 8.78. The summed E-state index contributed by atoms with van der Waals surface area (Å²) < 4.78 is 28.9. The second-order valence-electron chi connectivity index (χ2n) is 12.5. The van der Waals surface area contributed by atoms with E-state index in [0.717, 1.165) is 24.6 Å². The molecule has 8 atom stereocenters. The number of allylic oxidation sites excluding steroid dienone is 4. The highest BCUT2D eigenvalue weighted by Crippen LogP contribution is 2.71. The average Bonchev–Trinajstić information content (AvgIpc) is 3.11. The molecule has 4 aliphatic rings. The molecule has 0 aromatic carbocycles. The first-order valence-corrected chi connectivity index (χ1v) is 15.7. The number of thioether (sulfide) groups is 1. The van der Waals surface area contributed by atoms with Gasteiger partial charge in [-0.2, -0.15) is 0 Å². The monoisotopic (exact) mass is 578 g/mol. The maximum Gasteiger partial charge on any atom is 0.367 e. The number of esters is 1. The van der Waals surface area contributed by atoms with Crippen molar-refractivity contribution in [1.82, 2.24) is 0 Å². The first-order chi connectivity index (χ1) is 18.8. The van der Waals surface area contributed by atoms with Gasteiger partial charge < -0.3 is 14.6 Å². The Morgan fingerprint density at radius 3 is 2.58 bits per heavy atom. The smallest absolute Gasteiger partial charge is 0.367 e. The average molecular weight is 579 g/mol. The molecule has 7 nitrogen and oxygen atoms in total. The van der Waals surface area contributed by atoms with Crippen LogP contribution in [0.25, 0.3) is 0 Å². The van der Waals surface area contributed by atoms with Gasteiger partial charge in [-0.3, -0.25) is 14.4 Å². The van der Waals surface area contributed by atoms with Gasteiger partial charge in [-0.25, -0.2) is 9.18 Å². The Hall–Kier alpha value is -2.00. The molecular formula is C31H43FO7S. The highest BCUT2D eigenvalue weighted by atomic mass is 32.2. The molecule has 3 saturated carbocycles. The van der Waals surface area contributed by atoms with Crippen LogP contribution in [0.1, 0.15) is 86.0 Å². The molecule has 9 heteroatoms. The minimum atomic E-state index is -2.05. The molecule has 4 aliphatic carbocycles. The zero-order valence-corrected chi connectivity index (χ0v) is 25.1. The lowest BCUT2D eigenvalue weighted by Crippen LogP contribution is -2.70. The van der Waals surface area contributed by atoms with E-state index in [1.165, 1.54) is 12.2 Å². The number of hydrogen-bond donors (Lipinski definition) is 1. The number of rotatable bonds is 9. The minimum Gasteiger partial charge on any atom is -0.458 e. The molecule has 0 heterocycles. The van der Waals surface area contributed by atoms with Gasteiger partial charge in [-0.15, -0.1) is 0 Å². The van der Waals surface area contributed by atoms with Crippen molar-refractivity contribution in [2.75, 3.05) is 12.4 Å². The normalized spacial score (nSPS) is 40.0. The number of carbonyl (C=O) groups excluding carboxylic acids is 4. The molecule has 3 fully saturated rings. The SMILES string of the molecule is CCCCOC(=O)SCC(=O)[C@@]1(OC(=O)CCC)[C@@H](C)C[C@H]2[C@@H]3CCC4=CC(=O)C=C[C@]4(C)[C@@]3(F)[C@@H](O)C[C@@]21C. The maximum atomic E-state index is 17.5. The number of aliphatic hydroxyl groups is 1. The summed E-state index contributed by atoms with van der Waals surface area (Å²) in [5.41, 5.74) is -5.19. The van der Waals surface area contributed by atoms with Crippen molar-refractivity contribution in [2.24, 2.45) is 28.6 Å². The predicted octanol–water partition coefficient (Wildman–Crippen LogP) is 5.92. The number of halogens is 1. The first kappa shape index (κ1) is 30.9. The van der Waals surface area contributed by atoms with Crippen LogP contribution >= 0.6 is 11.8 Å². The van der Waals surface area contributed by atoms with Crippen LogP contribution in [0.15, 0.2) is 23.8 Å². The molecule has 0 radical (unpaired) electrons. The zero-order valence-electron chi connectivity index (χ0n) is 24.3. The van der Waals surface area contributed by atoms with E-state index in [1.54, 1.807) is 13.0 Å². The lowest BCUT2D eigenvalue weighted by atomic mass is 9.44. The van der Waals surface area contributed by atoms with Gasteiger partial charge in [0.15, 0.2) is 22.8 Å².